The zero-order chi connectivity index (χ0) is 55.8. The van der Waals surface area contributed by atoms with Crippen LogP contribution in [0.25, 0.3) is 0 Å². The molecule has 16 heteroatoms. The van der Waals surface area contributed by atoms with Gasteiger partial charge in [-0.1, -0.05) is 126 Å². The molecule has 1 aromatic rings. The molecule has 3 aliphatic heterocycles. The summed E-state index contributed by atoms with van der Waals surface area (Å²) >= 11 is 0. The van der Waals surface area contributed by atoms with Crippen molar-refractivity contribution in [2.75, 3.05) is 27.9 Å². The molecule has 0 spiro atoms. The standard InChI is InChI=1S/C59H92N2O14/c1-14-46(52(64)38(6)22-18-19-26-44-31-45(70-11)33-59(72-13,75-44)30-29-36(4)21-20-25-43-34-73-41(9)58(10,69)54(43)65)47(62)28-27-37(5)48(63)32-49(71-12)39(7)55(66)60-50(35(2)3)56(67)61-51-40(8)53(74-57(51)68)42-23-16-15-17-24-42/h15-27,35,38-41,43-54,62-65,69H,14,28-34H2,1-13H3,(H,60,66)(H,61,67). The van der Waals surface area contributed by atoms with E-state index in [0.717, 1.165) is 11.1 Å². The van der Waals surface area contributed by atoms with Gasteiger partial charge in [-0.3, -0.25) is 9.59 Å². The monoisotopic (exact) mass is 1050 g/mol. The van der Waals surface area contributed by atoms with Gasteiger partial charge < -0.3 is 64.6 Å². The van der Waals surface area contributed by atoms with Crippen LogP contribution >= 0.6 is 0 Å². The molecule has 0 radical (unpaired) electrons. The van der Waals surface area contributed by atoms with Crippen LogP contribution in [0.1, 0.15) is 126 Å². The summed E-state index contributed by atoms with van der Waals surface area (Å²) < 4.78 is 35.4. The lowest BCUT2D eigenvalue weighted by molar-refractivity contribution is -0.281. The summed E-state index contributed by atoms with van der Waals surface area (Å²) in [6, 6.07) is 7.50. The van der Waals surface area contributed by atoms with Crippen LogP contribution in [0.3, 0.4) is 0 Å². The molecule has 422 valence electrons. The van der Waals surface area contributed by atoms with Crippen molar-refractivity contribution in [1.29, 1.82) is 0 Å². The smallest absolute Gasteiger partial charge is 0.329 e. The largest absolute Gasteiger partial charge is 0.456 e. The molecule has 16 nitrogen and oxygen atoms in total. The number of esters is 1. The van der Waals surface area contributed by atoms with Gasteiger partial charge in [0.1, 0.15) is 23.8 Å². The van der Waals surface area contributed by atoms with Crippen molar-refractivity contribution in [3.05, 3.63) is 95.6 Å². The average Bonchev–Trinajstić information content (AvgIpc) is 3.67. The lowest BCUT2D eigenvalue weighted by Gasteiger charge is -2.42. The van der Waals surface area contributed by atoms with Crippen molar-refractivity contribution in [2.24, 2.45) is 35.5 Å². The molecule has 1 aromatic carbocycles. The number of carbonyl (C=O) groups excluding carboxylic acids is 3. The van der Waals surface area contributed by atoms with E-state index in [2.05, 4.69) is 10.6 Å². The molecule has 3 saturated heterocycles. The van der Waals surface area contributed by atoms with E-state index in [-0.39, 0.29) is 48.7 Å². The number of carbonyl (C=O) groups is 3. The van der Waals surface area contributed by atoms with Gasteiger partial charge >= 0.3 is 5.97 Å². The molecule has 18 unspecified atom stereocenters. The van der Waals surface area contributed by atoms with E-state index in [9.17, 15) is 39.9 Å². The van der Waals surface area contributed by atoms with Crippen LogP contribution in [0.4, 0.5) is 0 Å². The predicted octanol–water partition coefficient (Wildman–Crippen LogP) is 6.75. The molecule has 7 N–H and O–H groups in total. The molecular formula is C59H92N2O14. The van der Waals surface area contributed by atoms with Crippen LogP contribution in [0.2, 0.25) is 0 Å². The second-order valence-electron chi connectivity index (χ2n) is 21.9. The van der Waals surface area contributed by atoms with Crippen LogP contribution in [0.15, 0.2) is 90.1 Å². The Bertz CT molecular complexity index is 2110. The van der Waals surface area contributed by atoms with Crippen molar-refractivity contribution in [3.63, 3.8) is 0 Å². The molecule has 0 bridgehead atoms. The number of cyclic esters (lactones) is 1. The molecule has 2 amide bonds. The summed E-state index contributed by atoms with van der Waals surface area (Å²) in [7, 11) is 4.79. The minimum Gasteiger partial charge on any atom is -0.456 e. The molecule has 18 atom stereocenters. The van der Waals surface area contributed by atoms with E-state index in [0.29, 0.717) is 44.3 Å². The first-order chi connectivity index (χ1) is 35.4. The van der Waals surface area contributed by atoms with Crippen molar-refractivity contribution in [3.8, 4) is 0 Å². The third-order valence-electron chi connectivity index (χ3n) is 16.0. The maximum absolute atomic E-state index is 13.6. The Hall–Kier alpha value is -4.07. The van der Waals surface area contributed by atoms with Crippen molar-refractivity contribution in [2.45, 2.75) is 193 Å². The Morgan fingerprint density at radius 1 is 0.973 bits per heavy atom. The van der Waals surface area contributed by atoms with E-state index < -0.39 is 95.8 Å². The Balaban J connectivity index is 1.27. The maximum Gasteiger partial charge on any atom is 0.329 e. The Kier molecular flexibility index (Phi) is 25.1. The average molecular weight is 1050 g/mol. The van der Waals surface area contributed by atoms with Crippen molar-refractivity contribution >= 4 is 17.8 Å². The van der Waals surface area contributed by atoms with E-state index in [4.69, 9.17) is 28.4 Å². The number of hydrogen-bond donors (Lipinski definition) is 7. The molecule has 0 aliphatic carbocycles. The van der Waals surface area contributed by atoms with Gasteiger partial charge in [0.25, 0.3) is 0 Å². The fourth-order valence-corrected chi connectivity index (χ4v) is 10.3. The molecule has 4 rings (SSSR count). The van der Waals surface area contributed by atoms with Gasteiger partial charge in [0, 0.05) is 70.7 Å². The summed E-state index contributed by atoms with van der Waals surface area (Å²) in [6.07, 6.45) is 12.6. The van der Waals surface area contributed by atoms with Gasteiger partial charge in [-0.15, -0.1) is 0 Å². The summed E-state index contributed by atoms with van der Waals surface area (Å²) in [6.45, 7) is 18.4. The highest BCUT2D eigenvalue weighted by molar-refractivity contribution is 5.92. The Morgan fingerprint density at radius 2 is 1.67 bits per heavy atom. The predicted molar refractivity (Wildman–Crippen MR) is 288 cm³/mol. The molecule has 3 aliphatic rings. The first-order valence-corrected chi connectivity index (χ1v) is 27.0. The number of rotatable bonds is 27. The highest BCUT2D eigenvalue weighted by Crippen LogP contribution is 2.38. The number of allylic oxidation sites excluding steroid dienone is 5. The van der Waals surface area contributed by atoms with E-state index >= 15 is 0 Å². The van der Waals surface area contributed by atoms with E-state index in [1.165, 1.54) is 7.11 Å². The lowest BCUT2D eigenvalue weighted by atomic mass is 9.82. The van der Waals surface area contributed by atoms with Gasteiger partial charge in [-0.05, 0) is 64.0 Å². The fraction of sp³-hybridized carbons (Fsp3) is 0.678. The quantitative estimate of drug-likeness (QED) is 0.0275. The van der Waals surface area contributed by atoms with Crippen molar-refractivity contribution in [1.82, 2.24) is 10.6 Å². The first-order valence-electron chi connectivity index (χ1n) is 27.0. The fourth-order valence-electron chi connectivity index (χ4n) is 10.3. The minimum atomic E-state index is -1.33. The molecule has 0 aromatic heterocycles. The molecule has 3 heterocycles. The number of nitrogens with one attached hydrogen (secondary N) is 2. The van der Waals surface area contributed by atoms with Crippen molar-refractivity contribution < 1.29 is 68.3 Å². The number of amides is 2. The zero-order valence-corrected chi connectivity index (χ0v) is 46.9. The van der Waals surface area contributed by atoms with Crippen LogP contribution in [0, 0.1) is 35.5 Å². The van der Waals surface area contributed by atoms with Crippen LogP contribution in [-0.4, -0.2) is 144 Å². The molecule has 75 heavy (non-hydrogen) atoms. The van der Waals surface area contributed by atoms with Gasteiger partial charge in [-0.2, -0.15) is 0 Å². The number of aliphatic hydroxyl groups is 5. The van der Waals surface area contributed by atoms with Gasteiger partial charge in [0.2, 0.25) is 11.8 Å². The number of benzene rings is 1. The maximum atomic E-state index is 13.6. The highest BCUT2D eigenvalue weighted by Gasteiger charge is 2.46. The Morgan fingerprint density at radius 3 is 2.29 bits per heavy atom. The zero-order valence-electron chi connectivity index (χ0n) is 46.9. The lowest BCUT2D eigenvalue weighted by Crippen LogP contribution is -2.57. The van der Waals surface area contributed by atoms with Gasteiger partial charge in [0.15, 0.2) is 5.79 Å². The summed E-state index contributed by atoms with van der Waals surface area (Å²) in [5.74, 6) is -4.87. The second-order valence-corrected chi connectivity index (χ2v) is 21.9. The second kappa shape index (κ2) is 29.6. The first kappa shape index (κ1) is 63.5. The van der Waals surface area contributed by atoms with Gasteiger partial charge in [0.05, 0.1) is 61.4 Å². The van der Waals surface area contributed by atoms with Crippen LogP contribution in [0.5, 0.6) is 0 Å². The minimum absolute atomic E-state index is 0.0689. The summed E-state index contributed by atoms with van der Waals surface area (Å²) in [5.41, 5.74) is 1.17. The summed E-state index contributed by atoms with van der Waals surface area (Å²) in [4.78, 5) is 40.1. The van der Waals surface area contributed by atoms with Crippen LogP contribution in [-0.2, 0) is 42.8 Å². The van der Waals surface area contributed by atoms with E-state index in [1.54, 1.807) is 61.8 Å². The Labute approximate surface area is 447 Å². The van der Waals surface area contributed by atoms with Gasteiger partial charge in [-0.25, -0.2) is 4.79 Å². The SMILES string of the molecule is CCC(C(O)CC=C(C)C(O)CC(OC)C(C)C(=O)NC(C(=O)NC1C(=O)OC(c2ccccc2)C1C)C(C)C)C(O)C(C)C=CC=CC1CC(OC)CC(CCC(C)=CC=CC2COC(C)C(C)(O)C2O)(OC)O1. The third kappa shape index (κ3) is 17.5. The number of ether oxygens (including phenoxy) is 6. The topological polar surface area (TPSA) is 232 Å². The molecule has 0 saturated carbocycles. The number of methoxy groups -OCH3 is 3. The van der Waals surface area contributed by atoms with E-state index in [1.807, 2.05) is 101 Å². The number of aliphatic hydroxyl groups excluding tert-OH is 4. The molecular weight excluding hydrogens is 961 g/mol. The third-order valence-corrected chi connectivity index (χ3v) is 16.0. The van der Waals surface area contributed by atoms with Crippen LogP contribution < -0.4 is 10.6 Å². The number of hydrogen-bond acceptors (Lipinski definition) is 14. The summed E-state index contributed by atoms with van der Waals surface area (Å²) in [5, 5.41) is 61.1. The highest BCUT2D eigenvalue weighted by atomic mass is 16.7. The molecule has 3 fully saturated rings. The normalized spacial score (nSPS) is 31.3.